The molecule has 4 aromatic heterocycles. The monoisotopic (exact) mass is 882 g/mol. The largest absolute Gasteiger partial charge is 0.307 e. The van der Waals surface area contributed by atoms with Gasteiger partial charge in [0, 0.05) is 49.1 Å². The van der Waals surface area contributed by atoms with E-state index in [4.69, 9.17) is 15.0 Å². The van der Waals surface area contributed by atoms with Crippen molar-refractivity contribution in [2.24, 2.45) is 0 Å². The van der Waals surface area contributed by atoms with Gasteiger partial charge in [0.1, 0.15) is 0 Å². The minimum atomic E-state index is 0.554. The van der Waals surface area contributed by atoms with E-state index in [1.165, 1.54) is 16.3 Å². The second-order valence-electron chi connectivity index (χ2n) is 17.9. The van der Waals surface area contributed by atoms with Gasteiger partial charge in [-0.25, -0.2) is 4.98 Å². The topological polar surface area (TPSA) is 53.5 Å². The van der Waals surface area contributed by atoms with Gasteiger partial charge in [0.25, 0.3) is 0 Å². The molecule has 0 N–H and O–H groups in total. The van der Waals surface area contributed by atoms with E-state index in [0.717, 1.165) is 107 Å². The highest BCUT2D eigenvalue weighted by atomic mass is 15.2. The molecule has 0 fully saturated rings. The Morgan fingerprint density at radius 3 is 1.54 bits per heavy atom. The molecular weight excluding hydrogens is 841 g/mol. The standard InChI is InChI=1S/C63H42N6/c1-5-20-41(21-6-1)44-26-19-27-45(38-44)62-64-61(43-24-9-3-10-25-43)65-63(66-62)69-56-35-18-14-31-49(56)52-37-36-51-48-30-13-17-34-55(48)68(59(51)60(52)69)57-40-46(42-22-7-2-8-23-42)39-53-50-32-15-16-33-54(50)67(58(53)57)47-28-11-4-12-29-47/h2-5,7-40H,1,6H2. The zero-order valence-corrected chi connectivity index (χ0v) is 37.5. The normalized spacial score (nSPS) is 12.8. The second kappa shape index (κ2) is 15.8. The first kappa shape index (κ1) is 39.1. The lowest BCUT2D eigenvalue weighted by Crippen LogP contribution is -2.07. The fourth-order valence-corrected chi connectivity index (χ4v) is 10.8. The molecule has 6 nitrogen and oxygen atoms in total. The average molecular weight is 883 g/mol. The smallest absolute Gasteiger partial charge is 0.238 e. The van der Waals surface area contributed by atoms with Crippen molar-refractivity contribution >= 4 is 71.0 Å². The van der Waals surface area contributed by atoms with Crippen LogP contribution in [0.4, 0.5) is 0 Å². The predicted molar refractivity (Wildman–Crippen MR) is 286 cm³/mol. The first-order chi connectivity index (χ1) is 34.2. The summed E-state index contributed by atoms with van der Waals surface area (Å²) >= 11 is 0. The lowest BCUT2D eigenvalue weighted by Gasteiger charge is -2.17. The maximum atomic E-state index is 5.50. The number of aromatic nitrogens is 6. The van der Waals surface area contributed by atoms with Crippen molar-refractivity contribution < 1.29 is 0 Å². The molecule has 0 saturated heterocycles. The van der Waals surface area contributed by atoms with Crippen molar-refractivity contribution in [2.75, 3.05) is 0 Å². The molecule has 0 radical (unpaired) electrons. The van der Waals surface area contributed by atoms with Crippen LogP contribution in [0, 0.1) is 0 Å². The molecule has 0 bridgehead atoms. The zero-order valence-electron chi connectivity index (χ0n) is 37.5. The molecule has 9 aromatic carbocycles. The van der Waals surface area contributed by atoms with Crippen molar-refractivity contribution in [3.63, 3.8) is 0 Å². The molecule has 0 saturated carbocycles. The van der Waals surface area contributed by atoms with Crippen LogP contribution in [-0.2, 0) is 0 Å². The SMILES string of the molecule is C1=CC(c2cccc(-c3nc(-c4ccccc4)nc(-n4c5ccccc5c5ccc6c7ccccc7n(-c7cc(-c8ccccc8)cc8c9ccccc9n(-c9ccccc9)c78)c6c54)n3)c2)=CCC1. The summed E-state index contributed by atoms with van der Waals surface area (Å²) in [6.45, 7) is 0. The lowest BCUT2D eigenvalue weighted by molar-refractivity contribution is 0.953. The van der Waals surface area contributed by atoms with E-state index in [1.807, 2.05) is 18.2 Å². The summed E-state index contributed by atoms with van der Waals surface area (Å²) in [5.74, 6) is 1.78. The number of nitrogens with zero attached hydrogens (tertiary/aromatic N) is 6. The first-order valence-corrected chi connectivity index (χ1v) is 23.7. The van der Waals surface area contributed by atoms with Crippen molar-refractivity contribution in [3.8, 4) is 51.2 Å². The maximum Gasteiger partial charge on any atom is 0.238 e. The van der Waals surface area contributed by atoms with Crippen molar-refractivity contribution in [2.45, 2.75) is 12.8 Å². The van der Waals surface area contributed by atoms with Crippen LogP contribution in [0.2, 0.25) is 0 Å². The molecule has 324 valence electrons. The van der Waals surface area contributed by atoms with Crippen LogP contribution in [0.15, 0.2) is 231 Å². The van der Waals surface area contributed by atoms with Crippen LogP contribution in [0.5, 0.6) is 0 Å². The molecule has 0 atom stereocenters. The summed E-state index contributed by atoms with van der Waals surface area (Å²) < 4.78 is 7.26. The van der Waals surface area contributed by atoms with E-state index in [9.17, 15) is 0 Å². The van der Waals surface area contributed by atoms with Crippen LogP contribution in [0.3, 0.4) is 0 Å². The highest BCUT2D eigenvalue weighted by molar-refractivity contribution is 6.25. The summed E-state index contributed by atoms with van der Waals surface area (Å²) in [6, 6.07) is 76.1. The highest BCUT2D eigenvalue weighted by Crippen LogP contribution is 2.45. The molecule has 1 aliphatic rings. The van der Waals surface area contributed by atoms with E-state index < -0.39 is 0 Å². The summed E-state index contributed by atoms with van der Waals surface area (Å²) in [4.78, 5) is 16.2. The van der Waals surface area contributed by atoms with Gasteiger partial charge in [0.05, 0.1) is 38.8 Å². The van der Waals surface area contributed by atoms with Crippen molar-refractivity contribution in [1.82, 2.24) is 28.7 Å². The first-order valence-electron chi connectivity index (χ1n) is 23.7. The summed E-state index contributed by atoms with van der Waals surface area (Å²) in [5.41, 5.74) is 15.2. The van der Waals surface area contributed by atoms with Gasteiger partial charge < -0.3 is 9.13 Å². The quantitative estimate of drug-likeness (QED) is 0.160. The Morgan fingerprint density at radius 2 is 0.870 bits per heavy atom. The Bertz CT molecular complexity index is 4230. The van der Waals surface area contributed by atoms with Gasteiger partial charge in [-0.05, 0) is 83.6 Å². The molecule has 0 spiro atoms. The maximum absolute atomic E-state index is 5.50. The average Bonchev–Trinajstić information content (AvgIpc) is 4.08. The zero-order chi connectivity index (χ0) is 45.4. The molecule has 0 unspecified atom stereocenters. The van der Waals surface area contributed by atoms with E-state index >= 15 is 0 Å². The summed E-state index contributed by atoms with van der Waals surface area (Å²) in [6.07, 6.45) is 8.88. The summed E-state index contributed by atoms with van der Waals surface area (Å²) in [5, 5.41) is 6.91. The van der Waals surface area contributed by atoms with Gasteiger partial charge >= 0.3 is 0 Å². The van der Waals surface area contributed by atoms with Crippen molar-refractivity contribution in [1.29, 1.82) is 0 Å². The molecule has 13 aromatic rings. The van der Waals surface area contributed by atoms with Crippen molar-refractivity contribution in [3.05, 3.63) is 236 Å². The van der Waals surface area contributed by atoms with Crippen LogP contribution >= 0.6 is 0 Å². The Labute approximate surface area is 398 Å². The Balaban J connectivity index is 1.15. The lowest BCUT2D eigenvalue weighted by atomic mass is 9.98. The van der Waals surface area contributed by atoms with Crippen LogP contribution in [-0.4, -0.2) is 28.7 Å². The summed E-state index contributed by atoms with van der Waals surface area (Å²) in [7, 11) is 0. The van der Waals surface area contributed by atoms with E-state index in [1.54, 1.807) is 0 Å². The number of para-hydroxylation sites is 4. The molecule has 69 heavy (non-hydrogen) atoms. The van der Waals surface area contributed by atoms with E-state index in [-0.39, 0.29) is 0 Å². The molecule has 14 rings (SSSR count). The van der Waals surface area contributed by atoms with Gasteiger partial charge in [-0.3, -0.25) is 4.57 Å². The van der Waals surface area contributed by atoms with E-state index in [0.29, 0.717) is 17.6 Å². The van der Waals surface area contributed by atoms with Gasteiger partial charge in [-0.2, -0.15) is 9.97 Å². The molecule has 0 amide bonds. The molecular formula is C63H42N6. The number of hydrogen-bond acceptors (Lipinski definition) is 3. The van der Waals surface area contributed by atoms with Crippen LogP contribution in [0.25, 0.3) is 122 Å². The minimum absolute atomic E-state index is 0.554. The Morgan fingerprint density at radius 1 is 0.333 bits per heavy atom. The Kier molecular flexibility index (Phi) is 8.92. The third kappa shape index (κ3) is 6.23. The minimum Gasteiger partial charge on any atom is -0.307 e. The van der Waals surface area contributed by atoms with Gasteiger partial charge in [0.15, 0.2) is 11.6 Å². The molecule has 1 aliphatic carbocycles. The third-order valence-corrected chi connectivity index (χ3v) is 13.9. The number of benzene rings is 9. The Hall–Kier alpha value is -9.13. The number of fused-ring (bicyclic) bond motifs is 10. The van der Waals surface area contributed by atoms with Gasteiger partial charge in [-0.1, -0.05) is 182 Å². The highest BCUT2D eigenvalue weighted by Gasteiger charge is 2.26. The second-order valence-corrected chi connectivity index (χ2v) is 17.9. The molecule has 4 heterocycles. The number of rotatable bonds is 7. The number of allylic oxidation sites excluding steroid dienone is 4. The number of hydrogen-bond donors (Lipinski definition) is 0. The third-order valence-electron chi connectivity index (χ3n) is 13.9. The van der Waals surface area contributed by atoms with Gasteiger partial charge in [-0.15, -0.1) is 0 Å². The fraction of sp³-hybridized carbons (Fsp3) is 0.0317. The molecule has 0 aliphatic heterocycles. The fourth-order valence-electron chi connectivity index (χ4n) is 10.8. The van der Waals surface area contributed by atoms with E-state index in [2.05, 4.69) is 226 Å². The molecule has 6 heteroatoms. The predicted octanol–water partition coefficient (Wildman–Crippen LogP) is 15.9. The van der Waals surface area contributed by atoms with Gasteiger partial charge in [0.2, 0.25) is 5.95 Å². The van der Waals surface area contributed by atoms with Crippen LogP contribution < -0.4 is 0 Å². The van der Waals surface area contributed by atoms with Crippen LogP contribution in [0.1, 0.15) is 18.4 Å².